The monoisotopic (exact) mass is 557 g/mol. The Kier molecular flexibility index (Phi) is 10.4. The maximum absolute atomic E-state index is 13.1. The average Bonchev–Trinajstić information content (AvgIpc) is 2.84. The molecule has 2 amide bonds. The van der Waals surface area contributed by atoms with E-state index < -0.39 is 53.6 Å². The zero-order chi connectivity index (χ0) is 28.2. The van der Waals surface area contributed by atoms with Gasteiger partial charge in [0.15, 0.2) is 0 Å². The Morgan fingerprint density at radius 1 is 1.15 bits per heavy atom. The summed E-state index contributed by atoms with van der Waals surface area (Å²) in [5.41, 5.74) is -0.617. The topological polar surface area (TPSA) is 142 Å². The molecule has 1 atom stereocenters. The Balaban J connectivity index is 0.00000533. The van der Waals surface area contributed by atoms with Gasteiger partial charge in [-0.05, 0) is 48.4 Å². The van der Waals surface area contributed by atoms with Gasteiger partial charge in [0.25, 0.3) is 5.56 Å². The molecule has 3 aromatic rings. The number of hydrogen-bond donors (Lipinski definition) is 3. The number of anilines is 1. The van der Waals surface area contributed by atoms with Crippen molar-refractivity contribution in [3.8, 4) is 28.4 Å². The van der Waals surface area contributed by atoms with Crippen LogP contribution in [0, 0.1) is 6.92 Å². The molecule has 39 heavy (non-hydrogen) atoms. The first kappa shape index (κ1) is 31.5. The maximum atomic E-state index is 13.1. The molecule has 3 N–H and O–H groups in total. The third-order valence-electron chi connectivity index (χ3n) is 5.57. The van der Waals surface area contributed by atoms with Crippen LogP contribution in [-0.2, 0) is 11.8 Å². The number of nitrogens with one attached hydrogen (secondary N) is 2. The van der Waals surface area contributed by atoms with Crippen LogP contribution in [0.15, 0.2) is 53.3 Å². The molecule has 1 unspecified atom stereocenters. The first-order valence-corrected chi connectivity index (χ1v) is 11.0. The minimum absolute atomic E-state index is 0. The number of carboxylic acid groups (broad SMARTS) is 1. The van der Waals surface area contributed by atoms with Crippen LogP contribution in [0.4, 0.5) is 23.7 Å². The number of carbonyl (C=O) groups excluding carboxylic acids is 1. The third kappa shape index (κ3) is 8.15. The molecule has 14 heteroatoms. The third-order valence-corrected chi connectivity index (χ3v) is 5.57. The zero-order valence-electron chi connectivity index (χ0n) is 21.4. The standard InChI is InChI=1S/C25H24F3N3O7.Na/c1-13-9-19(32)22(23(35)31(13)2)30-24(36)29-18(12-21(33)34)15-7-8-20(38-25(26,27)28)17(11-15)14-5-4-6-16(10-14)37-3;/h4-11,18,32H,12H2,1-3H3,(H,33,34)(H2,29,30,36);/q;+1/p-1. The van der Waals surface area contributed by atoms with Crippen LogP contribution in [-0.4, -0.2) is 35.1 Å². The van der Waals surface area contributed by atoms with Gasteiger partial charge in [0, 0.05) is 18.3 Å². The second-order valence-electron chi connectivity index (χ2n) is 8.17. The average molecular weight is 557 g/mol. The largest absolute Gasteiger partial charge is 1.00 e. The van der Waals surface area contributed by atoms with E-state index in [1.54, 1.807) is 12.1 Å². The number of nitrogens with zero attached hydrogens (tertiary/aromatic N) is 1. The number of urea groups is 1. The second-order valence-corrected chi connectivity index (χ2v) is 8.17. The number of carboxylic acids is 1. The van der Waals surface area contributed by atoms with E-state index in [-0.39, 0.29) is 46.2 Å². The van der Waals surface area contributed by atoms with Gasteiger partial charge in [0.2, 0.25) is 0 Å². The van der Waals surface area contributed by atoms with Gasteiger partial charge >= 0.3 is 47.9 Å². The van der Waals surface area contributed by atoms with E-state index in [1.807, 2.05) is 0 Å². The van der Waals surface area contributed by atoms with E-state index in [0.29, 0.717) is 11.4 Å². The Bertz CT molecular complexity index is 1430. The molecule has 0 fully saturated rings. The number of alkyl halides is 3. The molecule has 202 valence electrons. The molecule has 0 aliphatic rings. The first-order valence-electron chi connectivity index (χ1n) is 11.0. The van der Waals surface area contributed by atoms with E-state index in [2.05, 4.69) is 15.4 Å². The second kappa shape index (κ2) is 12.9. The van der Waals surface area contributed by atoms with Crippen LogP contribution in [0.2, 0.25) is 0 Å². The van der Waals surface area contributed by atoms with Crippen molar-refractivity contribution in [1.29, 1.82) is 0 Å². The molecule has 0 aliphatic carbocycles. The van der Waals surface area contributed by atoms with Gasteiger partial charge in [-0.15, -0.1) is 13.2 Å². The Morgan fingerprint density at radius 3 is 2.46 bits per heavy atom. The predicted molar refractivity (Wildman–Crippen MR) is 128 cm³/mol. The molecule has 0 spiro atoms. The summed E-state index contributed by atoms with van der Waals surface area (Å²) in [5.74, 6) is -2.29. The number of aryl methyl sites for hydroxylation is 1. The van der Waals surface area contributed by atoms with Crippen molar-refractivity contribution >= 4 is 17.7 Å². The van der Waals surface area contributed by atoms with Gasteiger partial charge in [-0.1, -0.05) is 23.9 Å². The minimum Gasteiger partial charge on any atom is -0.871 e. The Labute approximate surface area is 242 Å². The molecular weight excluding hydrogens is 534 g/mol. The quantitative estimate of drug-likeness (QED) is 0.346. The number of ether oxygens (including phenoxy) is 2. The van der Waals surface area contributed by atoms with E-state index >= 15 is 0 Å². The number of benzene rings is 2. The molecule has 0 aliphatic heterocycles. The normalized spacial score (nSPS) is 11.6. The summed E-state index contributed by atoms with van der Waals surface area (Å²) in [7, 11) is 2.78. The summed E-state index contributed by atoms with van der Waals surface area (Å²) in [6, 6.07) is 8.31. The van der Waals surface area contributed by atoms with Crippen LogP contribution >= 0.6 is 0 Å². The molecule has 1 aromatic heterocycles. The number of carbonyl (C=O) groups is 2. The van der Waals surface area contributed by atoms with Crippen molar-refractivity contribution in [2.24, 2.45) is 7.05 Å². The molecular formula is C25H23F3N3NaO7. The van der Waals surface area contributed by atoms with E-state index in [4.69, 9.17) is 4.74 Å². The van der Waals surface area contributed by atoms with Gasteiger partial charge in [0.05, 0.1) is 19.6 Å². The fraction of sp³-hybridized carbons (Fsp3) is 0.240. The van der Waals surface area contributed by atoms with Crippen LogP contribution in [0.5, 0.6) is 17.2 Å². The fourth-order valence-corrected chi connectivity index (χ4v) is 3.64. The number of aliphatic carboxylic acids is 1. The van der Waals surface area contributed by atoms with Crippen LogP contribution in [0.3, 0.4) is 0 Å². The number of methoxy groups -OCH3 is 1. The van der Waals surface area contributed by atoms with E-state index in [9.17, 15) is 37.8 Å². The van der Waals surface area contributed by atoms with Gasteiger partial charge in [-0.25, -0.2) is 4.79 Å². The van der Waals surface area contributed by atoms with Gasteiger partial charge in [0.1, 0.15) is 17.2 Å². The van der Waals surface area contributed by atoms with Crippen molar-refractivity contribution in [1.82, 2.24) is 9.88 Å². The SMILES string of the molecule is COc1cccc(-c2cc(C(CC(=O)O)NC(=O)Nc3c([O-])cc(C)n(C)c3=O)ccc2OC(F)(F)F)c1.[Na+]. The summed E-state index contributed by atoms with van der Waals surface area (Å²) in [4.78, 5) is 36.6. The molecule has 1 heterocycles. The molecule has 0 bridgehead atoms. The maximum Gasteiger partial charge on any atom is 1.00 e. The summed E-state index contributed by atoms with van der Waals surface area (Å²) < 4.78 is 49.6. The van der Waals surface area contributed by atoms with Crippen LogP contribution in [0.1, 0.15) is 23.7 Å². The van der Waals surface area contributed by atoms with Crippen molar-refractivity contribution in [2.45, 2.75) is 25.7 Å². The number of hydrogen-bond acceptors (Lipinski definition) is 6. The zero-order valence-corrected chi connectivity index (χ0v) is 23.4. The number of amides is 2. The minimum atomic E-state index is -5.01. The number of rotatable bonds is 8. The van der Waals surface area contributed by atoms with Gasteiger partial charge < -0.3 is 34.9 Å². The predicted octanol–water partition coefficient (Wildman–Crippen LogP) is 0.683. The van der Waals surface area contributed by atoms with Gasteiger partial charge in [-0.3, -0.25) is 9.59 Å². The smallest absolute Gasteiger partial charge is 0.871 e. The Morgan fingerprint density at radius 2 is 1.85 bits per heavy atom. The van der Waals surface area contributed by atoms with Crippen molar-refractivity contribution in [3.05, 3.63) is 70.1 Å². The molecule has 3 rings (SSSR count). The van der Waals surface area contributed by atoms with E-state index in [0.717, 1.165) is 16.7 Å². The first-order chi connectivity index (χ1) is 17.8. The summed E-state index contributed by atoms with van der Waals surface area (Å²) in [6.45, 7) is 1.53. The number of aromatic nitrogens is 1. The van der Waals surface area contributed by atoms with E-state index in [1.165, 1.54) is 45.3 Å². The van der Waals surface area contributed by atoms with Crippen molar-refractivity contribution in [2.75, 3.05) is 12.4 Å². The summed E-state index contributed by atoms with van der Waals surface area (Å²) in [5, 5.41) is 26.1. The summed E-state index contributed by atoms with van der Waals surface area (Å²) in [6.07, 6.45) is -5.68. The number of halogens is 3. The van der Waals surface area contributed by atoms with Gasteiger partial charge in [-0.2, -0.15) is 0 Å². The molecule has 2 aromatic carbocycles. The molecule has 0 saturated heterocycles. The van der Waals surface area contributed by atoms with Crippen molar-refractivity contribution < 1.29 is 72.0 Å². The van der Waals surface area contributed by atoms with Crippen molar-refractivity contribution in [3.63, 3.8) is 0 Å². The van der Waals surface area contributed by atoms with Crippen LogP contribution in [0.25, 0.3) is 11.1 Å². The fourth-order valence-electron chi connectivity index (χ4n) is 3.64. The molecule has 10 nitrogen and oxygen atoms in total. The molecule has 0 saturated carbocycles. The number of pyridine rings is 1. The molecule has 0 radical (unpaired) electrons. The Hall–Kier alpha value is -3.68. The van der Waals surface area contributed by atoms with Crippen LogP contribution < -0.4 is 60.3 Å². The summed E-state index contributed by atoms with van der Waals surface area (Å²) >= 11 is 0.